The predicted molar refractivity (Wildman–Crippen MR) is 61.2 cm³/mol. The minimum absolute atomic E-state index is 0.0538. The molecule has 3 N–H and O–H groups in total. The molecular weight excluding hydrogens is 206 g/mol. The standard InChI is InChI=1S/C11H21N3O2/c15-10-2-1-9(7-10)8-12-3-5-14-6-4-13-11(14)16/h9-10,12,15H,1-8H2,(H,13,16). The van der Waals surface area contributed by atoms with Crippen molar-refractivity contribution in [2.24, 2.45) is 5.92 Å². The molecule has 16 heavy (non-hydrogen) atoms. The molecule has 2 atom stereocenters. The molecule has 0 aromatic carbocycles. The van der Waals surface area contributed by atoms with Crippen LogP contribution in [0, 0.1) is 5.92 Å². The number of nitrogens with one attached hydrogen (secondary N) is 2. The molecule has 0 aromatic rings. The number of aliphatic hydroxyl groups is 1. The van der Waals surface area contributed by atoms with Crippen molar-refractivity contribution in [1.29, 1.82) is 0 Å². The Morgan fingerprint density at radius 3 is 3.00 bits per heavy atom. The molecule has 92 valence electrons. The van der Waals surface area contributed by atoms with Gasteiger partial charge in [0, 0.05) is 26.2 Å². The largest absolute Gasteiger partial charge is 0.393 e. The van der Waals surface area contributed by atoms with Crippen LogP contribution in [-0.2, 0) is 0 Å². The van der Waals surface area contributed by atoms with Gasteiger partial charge in [-0.3, -0.25) is 0 Å². The van der Waals surface area contributed by atoms with Gasteiger partial charge in [0.05, 0.1) is 6.10 Å². The summed E-state index contributed by atoms with van der Waals surface area (Å²) in [5, 5.41) is 15.5. The van der Waals surface area contributed by atoms with E-state index in [0.717, 1.165) is 52.0 Å². The van der Waals surface area contributed by atoms with Crippen LogP contribution < -0.4 is 10.6 Å². The van der Waals surface area contributed by atoms with Crippen molar-refractivity contribution in [3.8, 4) is 0 Å². The van der Waals surface area contributed by atoms with Crippen LogP contribution in [0.5, 0.6) is 0 Å². The molecule has 2 rings (SSSR count). The number of carbonyl (C=O) groups excluding carboxylic acids is 1. The smallest absolute Gasteiger partial charge is 0.317 e. The van der Waals surface area contributed by atoms with Crippen molar-refractivity contribution in [2.75, 3.05) is 32.7 Å². The highest BCUT2D eigenvalue weighted by molar-refractivity contribution is 5.76. The summed E-state index contributed by atoms with van der Waals surface area (Å²) < 4.78 is 0. The van der Waals surface area contributed by atoms with Crippen LogP contribution in [0.25, 0.3) is 0 Å². The number of hydrogen-bond acceptors (Lipinski definition) is 3. The molecule has 5 heteroatoms. The summed E-state index contributed by atoms with van der Waals surface area (Å²) in [6.07, 6.45) is 2.91. The van der Waals surface area contributed by atoms with E-state index in [0.29, 0.717) is 5.92 Å². The first-order valence-corrected chi connectivity index (χ1v) is 6.17. The molecule has 1 saturated heterocycles. The third-order valence-corrected chi connectivity index (χ3v) is 3.45. The molecule has 0 aromatic heterocycles. The van der Waals surface area contributed by atoms with Gasteiger partial charge in [-0.1, -0.05) is 0 Å². The summed E-state index contributed by atoms with van der Waals surface area (Å²) in [6, 6.07) is 0.0538. The Bertz CT molecular complexity index is 247. The van der Waals surface area contributed by atoms with Gasteiger partial charge in [-0.05, 0) is 31.7 Å². The maximum Gasteiger partial charge on any atom is 0.317 e. The first-order valence-electron chi connectivity index (χ1n) is 6.17. The van der Waals surface area contributed by atoms with E-state index in [1.165, 1.54) is 0 Å². The number of urea groups is 1. The first kappa shape index (κ1) is 11.7. The molecule has 0 spiro atoms. The van der Waals surface area contributed by atoms with Crippen LogP contribution in [0.3, 0.4) is 0 Å². The first-order chi connectivity index (χ1) is 7.75. The van der Waals surface area contributed by atoms with E-state index in [4.69, 9.17) is 0 Å². The van der Waals surface area contributed by atoms with E-state index in [1.54, 1.807) is 0 Å². The summed E-state index contributed by atoms with van der Waals surface area (Å²) in [7, 11) is 0. The molecule has 1 saturated carbocycles. The summed E-state index contributed by atoms with van der Waals surface area (Å²) in [4.78, 5) is 13.1. The third kappa shape index (κ3) is 3.09. The van der Waals surface area contributed by atoms with Crippen molar-refractivity contribution in [3.05, 3.63) is 0 Å². The van der Waals surface area contributed by atoms with Gasteiger partial charge in [0.15, 0.2) is 0 Å². The van der Waals surface area contributed by atoms with Gasteiger partial charge in [-0.25, -0.2) is 4.79 Å². The van der Waals surface area contributed by atoms with Crippen molar-refractivity contribution < 1.29 is 9.90 Å². The molecule has 5 nitrogen and oxygen atoms in total. The topological polar surface area (TPSA) is 64.6 Å². The van der Waals surface area contributed by atoms with E-state index < -0.39 is 0 Å². The van der Waals surface area contributed by atoms with Crippen LogP contribution >= 0.6 is 0 Å². The number of aliphatic hydroxyl groups excluding tert-OH is 1. The Balaban J connectivity index is 1.53. The van der Waals surface area contributed by atoms with Gasteiger partial charge in [0.1, 0.15) is 0 Å². The van der Waals surface area contributed by atoms with Gasteiger partial charge in [-0.15, -0.1) is 0 Å². The second-order valence-corrected chi connectivity index (χ2v) is 4.76. The zero-order valence-corrected chi connectivity index (χ0v) is 9.61. The lowest BCUT2D eigenvalue weighted by Gasteiger charge is -2.16. The summed E-state index contributed by atoms with van der Waals surface area (Å²) in [5.41, 5.74) is 0. The summed E-state index contributed by atoms with van der Waals surface area (Å²) >= 11 is 0. The lowest BCUT2D eigenvalue weighted by atomic mass is 10.1. The molecule has 1 aliphatic heterocycles. The predicted octanol–water partition coefficient (Wildman–Crippen LogP) is -0.238. The Morgan fingerprint density at radius 1 is 1.50 bits per heavy atom. The SMILES string of the molecule is O=C1NCCN1CCNCC1CCC(O)C1. The maximum atomic E-state index is 11.2. The second kappa shape index (κ2) is 5.50. The van der Waals surface area contributed by atoms with Crippen LogP contribution in [0.2, 0.25) is 0 Å². The highest BCUT2D eigenvalue weighted by Crippen LogP contribution is 2.24. The van der Waals surface area contributed by atoms with Crippen molar-refractivity contribution >= 4 is 6.03 Å². The molecule has 2 fully saturated rings. The third-order valence-electron chi connectivity index (χ3n) is 3.45. The van der Waals surface area contributed by atoms with Gasteiger partial charge >= 0.3 is 6.03 Å². The number of nitrogens with zero attached hydrogens (tertiary/aromatic N) is 1. The number of rotatable bonds is 5. The molecule has 2 amide bonds. The van der Waals surface area contributed by atoms with Crippen LogP contribution in [0.1, 0.15) is 19.3 Å². The number of amides is 2. The van der Waals surface area contributed by atoms with Crippen LogP contribution in [0.15, 0.2) is 0 Å². The molecule has 2 unspecified atom stereocenters. The van der Waals surface area contributed by atoms with Gasteiger partial charge < -0.3 is 20.6 Å². The van der Waals surface area contributed by atoms with Crippen LogP contribution in [-0.4, -0.2) is 54.9 Å². The highest BCUT2D eigenvalue weighted by atomic mass is 16.3. The summed E-state index contributed by atoms with van der Waals surface area (Å²) in [5.74, 6) is 0.613. The second-order valence-electron chi connectivity index (χ2n) is 4.76. The van der Waals surface area contributed by atoms with Gasteiger partial charge in [-0.2, -0.15) is 0 Å². The summed E-state index contributed by atoms with van der Waals surface area (Å²) in [6.45, 7) is 4.18. The molecule has 0 bridgehead atoms. The zero-order chi connectivity index (χ0) is 11.4. The monoisotopic (exact) mass is 227 g/mol. The quantitative estimate of drug-likeness (QED) is 0.568. The Morgan fingerprint density at radius 2 is 2.38 bits per heavy atom. The zero-order valence-electron chi connectivity index (χ0n) is 9.61. The normalized spacial score (nSPS) is 29.8. The number of carbonyl (C=O) groups is 1. The van der Waals surface area contributed by atoms with E-state index in [2.05, 4.69) is 10.6 Å². The highest BCUT2D eigenvalue weighted by Gasteiger charge is 2.22. The molecule has 1 heterocycles. The fraction of sp³-hybridized carbons (Fsp3) is 0.909. The maximum absolute atomic E-state index is 11.2. The Hall–Kier alpha value is -0.810. The molecule has 1 aliphatic carbocycles. The number of hydrogen-bond donors (Lipinski definition) is 3. The molecular formula is C11H21N3O2. The Kier molecular flexibility index (Phi) is 4.01. The van der Waals surface area contributed by atoms with E-state index in [1.807, 2.05) is 4.90 Å². The fourth-order valence-corrected chi connectivity index (χ4v) is 2.48. The molecule has 2 aliphatic rings. The lowest BCUT2D eigenvalue weighted by molar-refractivity contribution is 0.177. The average molecular weight is 227 g/mol. The van der Waals surface area contributed by atoms with Crippen molar-refractivity contribution in [3.63, 3.8) is 0 Å². The van der Waals surface area contributed by atoms with E-state index in [-0.39, 0.29) is 12.1 Å². The molecule has 0 radical (unpaired) electrons. The minimum Gasteiger partial charge on any atom is -0.393 e. The van der Waals surface area contributed by atoms with Crippen molar-refractivity contribution in [2.45, 2.75) is 25.4 Å². The van der Waals surface area contributed by atoms with Crippen LogP contribution in [0.4, 0.5) is 4.79 Å². The Labute approximate surface area is 96.2 Å². The fourth-order valence-electron chi connectivity index (χ4n) is 2.48. The van der Waals surface area contributed by atoms with Gasteiger partial charge in [0.25, 0.3) is 0 Å². The van der Waals surface area contributed by atoms with E-state index >= 15 is 0 Å². The van der Waals surface area contributed by atoms with Gasteiger partial charge in [0.2, 0.25) is 0 Å². The van der Waals surface area contributed by atoms with E-state index in [9.17, 15) is 9.90 Å². The van der Waals surface area contributed by atoms with Crippen molar-refractivity contribution in [1.82, 2.24) is 15.5 Å². The average Bonchev–Trinajstić information content (AvgIpc) is 2.83. The minimum atomic E-state index is -0.0869. The lowest BCUT2D eigenvalue weighted by Crippen LogP contribution is -2.35.